The first-order valence-electron chi connectivity index (χ1n) is 6.62. The highest BCUT2D eigenvalue weighted by molar-refractivity contribution is 6.04. The van der Waals surface area contributed by atoms with Gasteiger partial charge in [0.1, 0.15) is 5.75 Å². The lowest BCUT2D eigenvalue weighted by Gasteiger charge is -2.08. The normalized spacial score (nSPS) is 9.90. The van der Waals surface area contributed by atoms with Crippen molar-refractivity contribution in [3.8, 4) is 11.8 Å². The summed E-state index contributed by atoms with van der Waals surface area (Å²) < 4.78 is 5.52. The number of amides is 1. The van der Waals surface area contributed by atoms with Crippen molar-refractivity contribution in [3.05, 3.63) is 41.7 Å². The molecule has 0 aliphatic rings. The molecule has 0 bridgehead atoms. The van der Waals surface area contributed by atoms with Crippen LogP contribution in [0.3, 0.4) is 0 Å². The number of benzene rings is 1. The summed E-state index contributed by atoms with van der Waals surface area (Å²) >= 11 is 0. The highest BCUT2D eigenvalue weighted by atomic mass is 16.5. The van der Waals surface area contributed by atoms with E-state index in [2.05, 4.69) is 21.6 Å². The van der Waals surface area contributed by atoms with Crippen molar-refractivity contribution in [1.29, 1.82) is 5.26 Å². The number of ether oxygens (including phenoxy) is 1. The third kappa shape index (κ3) is 4.08. The summed E-state index contributed by atoms with van der Waals surface area (Å²) in [7, 11) is 0. The van der Waals surface area contributed by atoms with E-state index in [9.17, 15) is 4.79 Å². The lowest BCUT2D eigenvalue weighted by Crippen LogP contribution is -2.12. The molecule has 1 aromatic heterocycles. The van der Waals surface area contributed by atoms with E-state index in [0.29, 0.717) is 36.4 Å². The van der Waals surface area contributed by atoms with Gasteiger partial charge in [0.25, 0.3) is 5.91 Å². The molecule has 6 heteroatoms. The van der Waals surface area contributed by atoms with Crippen LogP contribution in [0.2, 0.25) is 0 Å². The Labute approximate surface area is 122 Å². The summed E-state index contributed by atoms with van der Waals surface area (Å²) in [6, 6.07) is 9.22. The zero-order chi connectivity index (χ0) is 15.1. The number of nitriles is 1. The van der Waals surface area contributed by atoms with Crippen LogP contribution < -0.4 is 10.1 Å². The molecule has 108 valence electrons. The Morgan fingerprint density at radius 1 is 1.52 bits per heavy atom. The number of carbonyl (C=O) groups is 1. The Morgan fingerprint density at radius 2 is 2.38 bits per heavy atom. The number of hydrogen-bond acceptors (Lipinski definition) is 4. The molecule has 0 unspecified atom stereocenters. The molecule has 1 aromatic carbocycles. The van der Waals surface area contributed by atoms with E-state index in [0.717, 1.165) is 5.69 Å². The molecule has 21 heavy (non-hydrogen) atoms. The van der Waals surface area contributed by atoms with Crippen LogP contribution in [0.4, 0.5) is 5.69 Å². The third-order valence-corrected chi connectivity index (χ3v) is 2.87. The Kier molecular flexibility index (Phi) is 4.94. The maximum atomic E-state index is 12.1. The van der Waals surface area contributed by atoms with Crippen LogP contribution in [-0.2, 0) is 0 Å². The largest absolute Gasteiger partial charge is 0.493 e. The van der Waals surface area contributed by atoms with E-state index in [-0.39, 0.29) is 5.91 Å². The van der Waals surface area contributed by atoms with Crippen LogP contribution in [-0.4, -0.2) is 22.7 Å². The second kappa shape index (κ2) is 7.10. The van der Waals surface area contributed by atoms with E-state index < -0.39 is 0 Å². The van der Waals surface area contributed by atoms with Crippen LogP contribution in [0, 0.1) is 18.3 Å². The Balaban J connectivity index is 1.96. The monoisotopic (exact) mass is 284 g/mol. The van der Waals surface area contributed by atoms with Gasteiger partial charge < -0.3 is 10.1 Å². The molecule has 0 aliphatic heterocycles. The minimum Gasteiger partial charge on any atom is -0.493 e. The number of nitrogens with one attached hydrogen (secondary N) is 2. The second-order valence-electron chi connectivity index (χ2n) is 4.50. The molecule has 0 saturated heterocycles. The van der Waals surface area contributed by atoms with E-state index in [1.807, 2.05) is 6.07 Å². The number of hydrogen-bond donors (Lipinski definition) is 2. The fourth-order valence-electron chi connectivity index (χ4n) is 1.78. The van der Waals surface area contributed by atoms with Gasteiger partial charge in [-0.1, -0.05) is 6.07 Å². The van der Waals surface area contributed by atoms with E-state index >= 15 is 0 Å². The van der Waals surface area contributed by atoms with Crippen molar-refractivity contribution >= 4 is 11.6 Å². The molecule has 0 radical (unpaired) electrons. The van der Waals surface area contributed by atoms with Crippen molar-refractivity contribution in [2.24, 2.45) is 0 Å². The highest BCUT2D eigenvalue weighted by Crippen LogP contribution is 2.18. The van der Waals surface area contributed by atoms with Gasteiger partial charge >= 0.3 is 0 Å². The van der Waals surface area contributed by atoms with Crippen molar-refractivity contribution in [2.75, 3.05) is 11.9 Å². The van der Waals surface area contributed by atoms with Gasteiger partial charge in [0.05, 0.1) is 24.4 Å². The van der Waals surface area contributed by atoms with Gasteiger partial charge in [0.2, 0.25) is 0 Å². The number of unbranched alkanes of at least 4 members (excludes halogenated alkanes) is 1. The molecule has 6 nitrogen and oxygen atoms in total. The minimum atomic E-state index is -0.220. The first-order valence-corrected chi connectivity index (χ1v) is 6.62. The molecule has 1 heterocycles. The zero-order valence-corrected chi connectivity index (χ0v) is 11.7. The molecular formula is C15H16N4O2. The quantitative estimate of drug-likeness (QED) is 0.798. The number of anilines is 1. The maximum Gasteiger partial charge on any atom is 0.259 e. The average Bonchev–Trinajstić information content (AvgIpc) is 2.90. The van der Waals surface area contributed by atoms with Crippen LogP contribution in [0.1, 0.15) is 28.9 Å². The van der Waals surface area contributed by atoms with Crippen LogP contribution >= 0.6 is 0 Å². The van der Waals surface area contributed by atoms with E-state index in [1.54, 1.807) is 25.1 Å². The topological polar surface area (TPSA) is 90.8 Å². The summed E-state index contributed by atoms with van der Waals surface area (Å²) in [5, 5.41) is 17.8. The number of aromatic amines is 1. The number of carbonyl (C=O) groups excluding carboxylic acids is 1. The minimum absolute atomic E-state index is 0.220. The van der Waals surface area contributed by atoms with E-state index in [1.165, 1.54) is 6.20 Å². The Bertz CT molecular complexity index is 658. The predicted molar refractivity (Wildman–Crippen MR) is 78.1 cm³/mol. The maximum absolute atomic E-state index is 12.1. The summed E-state index contributed by atoms with van der Waals surface area (Å²) in [5.74, 6) is 0.442. The number of rotatable bonds is 6. The smallest absolute Gasteiger partial charge is 0.259 e. The summed E-state index contributed by atoms with van der Waals surface area (Å²) in [6.07, 6.45) is 2.64. The predicted octanol–water partition coefficient (Wildman–Crippen LogP) is 2.65. The number of H-pyrrole nitrogens is 1. The number of nitrogens with zero attached hydrogens (tertiary/aromatic N) is 2. The Hall–Kier alpha value is -2.81. The van der Waals surface area contributed by atoms with E-state index in [4.69, 9.17) is 10.00 Å². The van der Waals surface area contributed by atoms with Gasteiger partial charge in [0, 0.05) is 23.9 Å². The molecule has 0 atom stereocenters. The second-order valence-corrected chi connectivity index (χ2v) is 4.50. The lowest BCUT2D eigenvalue weighted by molar-refractivity contribution is 0.102. The Morgan fingerprint density at radius 3 is 3.10 bits per heavy atom. The summed E-state index contributed by atoms with van der Waals surface area (Å²) in [5.41, 5.74) is 1.88. The van der Waals surface area contributed by atoms with Gasteiger partial charge in [0.15, 0.2) is 0 Å². The van der Waals surface area contributed by atoms with Gasteiger partial charge in [-0.25, -0.2) is 0 Å². The molecule has 0 fully saturated rings. The van der Waals surface area contributed by atoms with Crippen molar-refractivity contribution < 1.29 is 9.53 Å². The molecule has 0 aliphatic carbocycles. The lowest BCUT2D eigenvalue weighted by atomic mass is 10.2. The molecular weight excluding hydrogens is 268 g/mol. The van der Waals surface area contributed by atoms with Gasteiger partial charge in [-0.3, -0.25) is 9.89 Å². The zero-order valence-electron chi connectivity index (χ0n) is 11.7. The molecule has 0 spiro atoms. The van der Waals surface area contributed by atoms with Crippen molar-refractivity contribution in [1.82, 2.24) is 10.2 Å². The molecule has 2 rings (SSSR count). The molecule has 2 aromatic rings. The van der Waals surface area contributed by atoms with Gasteiger partial charge in [-0.2, -0.15) is 10.4 Å². The molecule has 1 amide bonds. The third-order valence-electron chi connectivity index (χ3n) is 2.87. The average molecular weight is 284 g/mol. The van der Waals surface area contributed by atoms with Crippen LogP contribution in [0.5, 0.6) is 5.75 Å². The molecule has 0 saturated carbocycles. The summed E-state index contributed by atoms with van der Waals surface area (Å²) in [4.78, 5) is 12.1. The fourth-order valence-corrected chi connectivity index (χ4v) is 1.78. The van der Waals surface area contributed by atoms with Crippen LogP contribution in [0.25, 0.3) is 0 Å². The van der Waals surface area contributed by atoms with Crippen molar-refractivity contribution in [3.63, 3.8) is 0 Å². The van der Waals surface area contributed by atoms with Crippen molar-refractivity contribution in [2.45, 2.75) is 19.8 Å². The standard InChI is InChI=1S/C15H16N4O2/c1-11-14(10-17-19-11)15(20)18-12-5-4-6-13(9-12)21-8-3-2-7-16/h4-6,9-10H,2-3,8H2,1H3,(H,17,19)(H,18,20). The number of aromatic nitrogens is 2. The fraction of sp³-hybridized carbons (Fsp3) is 0.267. The van der Waals surface area contributed by atoms with Gasteiger partial charge in [-0.15, -0.1) is 0 Å². The highest BCUT2D eigenvalue weighted by Gasteiger charge is 2.11. The number of aryl methyl sites for hydroxylation is 1. The summed E-state index contributed by atoms with van der Waals surface area (Å²) in [6.45, 7) is 2.27. The first-order chi connectivity index (χ1) is 10.2. The van der Waals surface area contributed by atoms with Gasteiger partial charge in [-0.05, 0) is 25.5 Å². The molecule has 2 N–H and O–H groups in total. The SMILES string of the molecule is Cc1[nH]ncc1C(=O)Nc1cccc(OCCCC#N)c1. The first kappa shape index (κ1) is 14.6. The van der Waals surface area contributed by atoms with Crippen LogP contribution in [0.15, 0.2) is 30.5 Å².